The molecule has 0 bridgehead atoms. The maximum atomic E-state index is 5.48. The molecule has 0 unspecified atom stereocenters. The zero-order chi connectivity index (χ0) is 19.7. The smallest absolute Gasteiger partial charge is 0.190 e. The standard InChI is InChI=1S/C23H32N4OS/c1-26-21(19-8-13-28-14-9-19)24-25-22(26)29-15-5-11-27-12-10-23(17-27)16-20(23)18-6-3-2-4-7-18/h2-4,6-7,19-20H,5,8-17H2,1H3/t20-,23+/m1/s1. The Morgan fingerprint density at radius 3 is 2.83 bits per heavy atom. The molecular formula is C23H32N4OS. The predicted octanol–water partition coefficient (Wildman–Crippen LogP) is 4.07. The molecule has 1 spiro atoms. The summed E-state index contributed by atoms with van der Waals surface area (Å²) in [4.78, 5) is 2.69. The average molecular weight is 413 g/mol. The first kappa shape index (κ1) is 19.6. The fourth-order valence-corrected chi connectivity index (χ4v) is 6.19. The second kappa shape index (κ2) is 8.40. The summed E-state index contributed by atoms with van der Waals surface area (Å²) in [5, 5.41) is 10.0. The number of hydrogen-bond acceptors (Lipinski definition) is 5. The molecule has 2 aliphatic heterocycles. The van der Waals surface area contributed by atoms with Crippen molar-refractivity contribution in [2.45, 2.75) is 49.1 Å². The molecule has 1 aromatic carbocycles. The predicted molar refractivity (Wildman–Crippen MR) is 116 cm³/mol. The molecule has 29 heavy (non-hydrogen) atoms. The van der Waals surface area contributed by atoms with Crippen LogP contribution in [0, 0.1) is 5.41 Å². The Hall–Kier alpha value is -1.37. The van der Waals surface area contributed by atoms with Crippen molar-refractivity contribution in [3.8, 4) is 0 Å². The van der Waals surface area contributed by atoms with Crippen LogP contribution in [0.25, 0.3) is 0 Å². The monoisotopic (exact) mass is 412 g/mol. The van der Waals surface area contributed by atoms with Gasteiger partial charge in [0.2, 0.25) is 0 Å². The van der Waals surface area contributed by atoms with Crippen molar-refractivity contribution in [2.75, 3.05) is 38.6 Å². The van der Waals surface area contributed by atoms with E-state index in [1.165, 1.54) is 38.9 Å². The van der Waals surface area contributed by atoms with Gasteiger partial charge in [-0.3, -0.25) is 0 Å². The summed E-state index contributed by atoms with van der Waals surface area (Å²) in [6.07, 6.45) is 6.11. The third-order valence-electron chi connectivity index (χ3n) is 7.16. The summed E-state index contributed by atoms with van der Waals surface area (Å²) in [6.45, 7) is 5.47. The lowest BCUT2D eigenvalue weighted by Gasteiger charge is -2.21. The first-order valence-electron chi connectivity index (χ1n) is 11.1. The molecule has 1 saturated carbocycles. The Bertz CT molecular complexity index is 820. The molecule has 6 heteroatoms. The van der Waals surface area contributed by atoms with Crippen LogP contribution in [0.3, 0.4) is 0 Å². The summed E-state index contributed by atoms with van der Waals surface area (Å²) in [5.41, 5.74) is 2.13. The van der Waals surface area contributed by atoms with Gasteiger partial charge in [0.05, 0.1) is 0 Å². The number of likely N-dealkylation sites (tertiary alicyclic amines) is 1. The molecule has 0 amide bonds. The number of nitrogens with zero attached hydrogens (tertiary/aromatic N) is 4. The Kier molecular flexibility index (Phi) is 5.67. The van der Waals surface area contributed by atoms with Crippen LogP contribution in [-0.2, 0) is 11.8 Å². The third kappa shape index (κ3) is 4.12. The van der Waals surface area contributed by atoms with Gasteiger partial charge >= 0.3 is 0 Å². The van der Waals surface area contributed by atoms with Crippen molar-refractivity contribution in [3.63, 3.8) is 0 Å². The van der Waals surface area contributed by atoms with Gasteiger partial charge in [0.1, 0.15) is 5.82 Å². The summed E-state index contributed by atoms with van der Waals surface area (Å²) < 4.78 is 7.69. The van der Waals surface area contributed by atoms with Crippen molar-refractivity contribution in [2.24, 2.45) is 12.5 Å². The molecular weight excluding hydrogens is 380 g/mol. The van der Waals surface area contributed by atoms with Gasteiger partial charge in [-0.2, -0.15) is 0 Å². The first-order chi connectivity index (χ1) is 14.3. The molecule has 0 radical (unpaired) electrons. The van der Waals surface area contributed by atoms with Crippen LogP contribution >= 0.6 is 11.8 Å². The Morgan fingerprint density at radius 2 is 2.00 bits per heavy atom. The van der Waals surface area contributed by atoms with E-state index >= 15 is 0 Å². The van der Waals surface area contributed by atoms with Crippen LogP contribution in [0.1, 0.15) is 55.3 Å². The third-order valence-corrected chi connectivity index (χ3v) is 8.27. The zero-order valence-electron chi connectivity index (χ0n) is 17.4. The van der Waals surface area contributed by atoms with Gasteiger partial charge in [0, 0.05) is 38.5 Å². The van der Waals surface area contributed by atoms with E-state index in [0.29, 0.717) is 11.3 Å². The van der Waals surface area contributed by atoms with E-state index in [1.807, 2.05) is 11.8 Å². The van der Waals surface area contributed by atoms with Gasteiger partial charge in [0.15, 0.2) is 5.16 Å². The highest BCUT2D eigenvalue weighted by molar-refractivity contribution is 7.99. The van der Waals surface area contributed by atoms with Crippen molar-refractivity contribution in [1.29, 1.82) is 0 Å². The zero-order valence-corrected chi connectivity index (χ0v) is 18.2. The van der Waals surface area contributed by atoms with Gasteiger partial charge in [-0.1, -0.05) is 42.1 Å². The average Bonchev–Trinajstić information content (AvgIpc) is 3.11. The van der Waals surface area contributed by atoms with E-state index in [0.717, 1.165) is 48.7 Å². The number of ether oxygens (including phenoxy) is 1. The Labute approximate surface area is 178 Å². The fourth-order valence-electron chi connectivity index (χ4n) is 5.35. The van der Waals surface area contributed by atoms with Crippen LogP contribution in [-0.4, -0.2) is 58.3 Å². The number of hydrogen-bond donors (Lipinski definition) is 0. The molecule has 1 aromatic heterocycles. The molecule has 3 fully saturated rings. The van der Waals surface area contributed by atoms with Gasteiger partial charge in [-0.25, -0.2) is 0 Å². The van der Waals surface area contributed by atoms with Crippen molar-refractivity contribution >= 4 is 11.8 Å². The Balaban J connectivity index is 1.06. The van der Waals surface area contributed by atoms with Crippen LogP contribution in [0.15, 0.2) is 35.5 Å². The van der Waals surface area contributed by atoms with Crippen molar-refractivity contribution in [3.05, 3.63) is 41.7 Å². The normalized spacial score (nSPS) is 27.7. The second-order valence-corrected chi connectivity index (χ2v) is 10.1. The highest BCUT2D eigenvalue weighted by Gasteiger charge is 2.57. The fraction of sp³-hybridized carbons (Fsp3) is 0.652. The molecule has 5 rings (SSSR count). The maximum absolute atomic E-state index is 5.48. The molecule has 1 aliphatic carbocycles. The maximum Gasteiger partial charge on any atom is 0.190 e. The van der Waals surface area contributed by atoms with E-state index in [-0.39, 0.29) is 0 Å². The van der Waals surface area contributed by atoms with Gasteiger partial charge in [-0.15, -0.1) is 10.2 Å². The minimum atomic E-state index is 0.507. The molecule has 2 aromatic rings. The van der Waals surface area contributed by atoms with E-state index in [9.17, 15) is 0 Å². The SMILES string of the molecule is Cn1c(SCCCN2CC[C@]3(C[C@@H]3c3ccccc3)C2)nnc1C1CCOCC1. The molecule has 3 aliphatic rings. The van der Waals surface area contributed by atoms with Crippen molar-refractivity contribution in [1.82, 2.24) is 19.7 Å². The lowest BCUT2D eigenvalue weighted by Crippen LogP contribution is -2.23. The quantitative estimate of drug-likeness (QED) is 0.507. The molecule has 3 heterocycles. The molecule has 2 atom stereocenters. The number of rotatable bonds is 7. The Morgan fingerprint density at radius 1 is 1.17 bits per heavy atom. The molecule has 156 valence electrons. The molecule has 0 N–H and O–H groups in total. The lowest BCUT2D eigenvalue weighted by atomic mass is 9.98. The highest BCUT2D eigenvalue weighted by atomic mass is 32.2. The van der Waals surface area contributed by atoms with Crippen LogP contribution in [0.5, 0.6) is 0 Å². The number of thioether (sulfide) groups is 1. The largest absolute Gasteiger partial charge is 0.381 e. The van der Waals surface area contributed by atoms with E-state index in [2.05, 4.69) is 57.0 Å². The minimum Gasteiger partial charge on any atom is -0.381 e. The molecule has 2 saturated heterocycles. The van der Waals surface area contributed by atoms with Gasteiger partial charge in [0.25, 0.3) is 0 Å². The summed E-state index contributed by atoms with van der Waals surface area (Å²) >= 11 is 1.86. The van der Waals surface area contributed by atoms with Crippen LogP contribution in [0.2, 0.25) is 0 Å². The number of aromatic nitrogens is 3. The number of benzene rings is 1. The van der Waals surface area contributed by atoms with Crippen molar-refractivity contribution < 1.29 is 4.74 Å². The second-order valence-electron chi connectivity index (χ2n) is 9.04. The summed E-state index contributed by atoms with van der Waals surface area (Å²) in [5.74, 6) is 3.56. The van der Waals surface area contributed by atoms with E-state index < -0.39 is 0 Å². The van der Waals surface area contributed by atoms with E-state index in [1.54, 1.807) is 5.56 Å². The summed E-state index contributed by atoms with van der Waals surface area (Å²) in [6, 6.07) is 11.1. The first-order valence-corrected chi connectivity index (χ1v) is 12.1. The van der Waals surface area contributed by atoms with Crippen LogP contribution in [0.4, 0.5) is 0 Å². The van der Waals surface area contributed by atoms with Gasteiger partial charge < -0.3 is 14.2 Å². The van der Waals surface area contributed by atoms with Gasteiger partial charge in [-0.05, 0) is 62.1 Å². The minimum absolute atomic E-state index is 0.507. The summed E-state index contributed by atoms with van der Waals surface area (Å²) in [7, 11) is 2.12. The lowest BCUT2D eigenvalue weighted by molar-refractivity contribution is 0.0828. The highest BCUT2D eigenvalue weighted by Crippen LogP contribution is 2.64. The topological polar surface area (TPSA) is 43.2 Å². The van der Waals surface area contributed by atoms with E-state index in [4.69, 9.17) is 4.74 Å². The van der Waals surface area contributed by atoms with Crippen LogP contribution < -0.4 is 0 Å². The molecule has 5 nitrogen and oxygen atoms in total.